The van der Waals surface area contributed by atoms with Crippen LogP contribution in [-0.4, -0.2) is 44.3 Å². The summed E-state index contributed by atoms with van der Waals surface area (Å²) in [4.78, 5) is 25.5. The molecule has 0 saturated carbocycles. The van der Waals surface area contributed by atoms with Crippen molar-refractivity contribution in [2.75, 3.05) is 37.6 Å². The van der Waals surface area contributed by atoms with Gasteiger partial charge >= 0.3 is 0 Å². The number of nitrogens with zero attached hydrogens (tertiary/aromatic N) is 1. The molecule has 0 heterocycles. The molecule has 0 unspecified atom stereocenters. The Hall–Kier alpha value is -2.49. The molecule has 0 aromatic heterocycles. The van der Waals surface area contributed by atoms with Crippen LogP contribution in [0.15, 0.2) is 46.9 Å². The minimum Gasteiger partial charge on any atom is -0.490 e. The molecule has 0 fully saturated rings. The fourth-order valence-electron chi connectivity index (χ4n) is 2.31. The van der Waals surface area contributed by atoms with Gasteiger partial charge in [0.05, 0.1) is 11.1 Å². The van der Waals surface area contributed by atoms with E-state index in [1.54, 1.807) is 50.6 Å². The third kappa shape index (κ3) is 6.81. The second kappa shape index (κ2) is 10.9. The van der Waals surface area contributed by atoms with Gasteiger partial charge in [-0.2, -0.15) is 0 Å². The summed E-state index contributed by atoms with van der Waals surface area (Å²) in [6.07, 6.45) is 0. The lowest BCUT2D eigenvalue weighted by Crippen LogP contribution is -2.34. The fraction of sp³-hybridized carbons (Fsp3) is 0.250. The van der Waals surface area contributed by atoms with Crippen molar-refractivity contribution >= 4 is 56.4 Å². The highest BCUT2D eigenvalue weighted by Gasteiger charge is 2.12. The largest absolute Gasteiger partial charge is 0.490 e. The van der Waals surface area contributed by atoms with Gasteiger partial charge in [0.25, 0.3) is 5.91 Å². The Labute approximate surface area is 183 Å². The quantitative estimate of drug-likeness (QED) is 0.466. The lowest BCUT2D eigenvalue weighted by molar-refractivity contribution is -0.116. The van der Waals surface area contributed by atoms with Crippen LogP contribution in [0.25, 0.3) is 0 Å². The van der Waals surface area contributed by atoms with Gasteiger partial charge in [-0.1, -0.05) is 6.07 Å². The van der Waals surface area contributed by atoms with Crippen LogP contribution in [0.3, 0.4) is 0 Å². The molecule has 2 N–H and O–H groups in total. The molecule has 29 heavy (non-hydrogen) atoms. The predicted octanol–water partition coefficient (Wildman–Crippen LogP) is 3.58. The molecule has 0 saturated heterocycles. The van der Waals surface area contributed by atoms with Crippen molar-refractivity contribution < 1.29 is 19.1 Å². The van der Waals surface area contributed by atoms with Crippen molar-refractivity contribution in [3.8, 4) is 5.75 Å². The van der Waals surface area contributed by atoms with Crippen LogP contribution in [0, 0.1) is 0 Å². The summed E-state index contributed by atoms with van der Waals surface area (Å²) >= 11 is 8.62. The number of thiocarbonyl (C=S) groups is 1. The molecule has 0 aliphatic carbocycles. The second-order valence-electron chi connectivity index (χ2n) is 6.02. The first-order chi connectivity index (χ1) is 13.8. The minimum atomic E-state index is -0.358. The minimum absolute atomic E-state index is 0.0850. The standard InChI is InChI=1S/C20H22BrN3O4S/c1-13(25)24(2)16-6-4-5-15(12-16)22-20(29)23-19(26)14-7-8-18(17(21)11-14)28-10-9-27-3/h4-8,11-12H,9-10H2,1-3H3,(H2,22,23,26,29). The molecule has 154 valence electrons. The van der Waals surface area contributed by atoms with E-state index in [2.05, 4.69) is 26.6 Å². The van der Waals surface area contributed by atoms with Crippen molar-refractivity contribution in [3.05, 3.63) is 52.5 Å². The van der Waals surface area contributed by atoms with Gasteiger partial charge < -0.3 is 19.7 Å². The first-order valence-corrected chi connectivity index (χ1v) is 9.90. The zero-order valence-electron chi connectivity index (χ0n) is 16.3. The molecule has 9 heteroatoms. The van der Waals surface area contributed by atoms with Crippen LogP contribution in [-0.2, 0) is 9.53 Å². The average Bonchev–Trinajstić information content (AvgIpc) is 2.68. The maximum atomic E-state index is 12.5. The number of halogens is 1. The van der Waals surface area contributed by atoms with Crippen LogP contribution in [0.1, 0.15) is 17.3 Å². The number of carbonyl (C=O) groups is 2. The number of hydrogen-bond donors (Lipinski definition) is 2. The number of rotatable bonds is 7. The van der Waals surface area contributed by atoms with Crippen LogP contribution >= 0.6 is 28.1 Å². The van der Waals surface area contributed by atoms with Crippen molar-refractivity contribution in [3.63, 3.8) is 0 Å². The molecule has 0 aliphatic heterocycles. The fourth-order valence-corrected chi connectivity index (χ4v) is 3.01. The maximum absolute atomic E-state index is 12.5. The van der Waals surface area contributed by atoms with E-state index >= 15 is 0 Å². The first-order valence-electron chi connectivity index (χ1n) is 8.69. The van der Waals surface area contributed by atoms with E-state index in [9.17, 15) is 9.59 Å². The number of benzene rings is 2. The van der Waals surface area contributed by atoms with E-state index < -0.39 is 0 Å². The first kappa shape index (κ1) is 22.8. The Bertz CT molecular complexity index is 907. The normalized spacial score (nSPS) is 10.2. The molecule has 7 nitrogen and oxygen atoms in total. The van der Waals surface area contributed by atoms with Gasteiger partial charge in [-0.3, -0.25) is 14.9 Å². The molecule has 2 aromatic carbocycles. The van der Waals surface area contributed by atoms with Gasteiger partial charge in [-0.15, -0.1) is 0 Å². The van der Waals surface area contributed by atoms with Crippen LogP contribution < -0.4 is 20.3 Å². The number of anilines is 2. The molecule has 0 radical (unpaired) electrons. The number of ether oxygens (including phenoxy) is 2. The zero-order valence-corrected chi connectivity index (χ0v) is 18.7. The molecule has 2 amide bonds. The van der Waals surface area contributed by atoms with E-state index in [1.807, 2.05) is 6.07 Å². The number of methoxy groups -OCH3 is 1. The van der Waals surface area contributed by atoms with E-state index in [1.165, 1.54) is 11.8 Å². The Morgan fingerprint density at radius 1 is 1.17 bits per heavy atom. The molecule has 2 aromatic rings. The van der Waals surface area contributed by atoms with E-state index in [-0.39, 0.29) is 16.9 Å². The third-order valence-corrected chi connectivity index (χ3v) is 4.75. The molecular weight excluding hydrogens is 458 g/mol. The molecule has 0 bridgehead atoms. The van der Waals surface area contributed by atoms with Gasteiger partial charge in [0.1, 0.15) is 12.4 Å². The lowest BCUT2D eigenvalue weighted by Gasteiger charge is -2.17. The second-order valence-corrected chi connectivity index (χ2v) is 7.29. The van der Waals surface area contributed by atoms with Crippen LogP contribution in [0.5, 0.6) is 5.75 Å². The van der Waals surface area contributed by atoms with E-state index in [0.717, 1.165) is 0 Å². The number of nitrogens with one attached hydrogen (secondary N) is 2. The molecule has 0 spiro atoms. The summed E-state index contributed by atoms with van der Waals surface area (Å²) in [5.74, 6) is 0.174. The summed E-state index contributed by atoms with van der Waals surface area (Å²) in [5.41, 5.74) is 1.79. The van der Waals surface area contributed by atoms with Crippen LogP contribution in [0.2, 0.25) is 0 Å². The Morgan fingerprint density at radius 3 is 2.59 bits per heavy atom. The number of amides is 2. The number of carbonyl (C=O) groups excluding carboxylic acids is 2. The lowest BCUT2D eigenvalue weighted by atomic mass is 10.2. The van der Waals surface area contributed by atoms with Gasteiger partial charge in [0.2, 0.25) is 5.91 Å². The van der Waals surface area contributed by atoms with Crippen molar-refractivity contribution in [2.24, 2.45) is 0 Å². The zero-order chi connectivity index (χ0) is 21.4. The highest BCUT2D eigenvalue weighted by atomic mass is 79.9. The highest BCUT2D eigenvalue weighted by Crippen LogP contribution is 2.26. The summed E-state index contributed by atoms with van der Waals surface area (Å²) in [5, 5.41) is 5.73. The van der Waals surface area contributed by atoms with E-state index in [4.69, 9.17) is 21.7 Å². The van der Waals surface area contributed by atoms with Gasteiger partial charge in [-0.05, 0) is 64.5 Å². The Kier molecular flexibility index (Phi) is 8.56. The van der Waals surface area contributed by atoms with Crippen LogP contribution in [0.4, 0.5) is 11.4 Å². The monoisotopic (exact) mass is 479 g/mol. The maximum Gasteiger partial charge on any atom is 0.257 e. The molecular formula is C20H22BrN3O4S. The molecule has 2 rings (SSSR count). The summed E-state index contributed by atoms with van der Waals surface area (Å²) < 4.78 is 11.1. The summed E-state index contributed by atoms with van der Waals surface area (Å²) in [6.45, 7) is 2.36. The third-order valence-electron chi connectivity index (χ3n) is 3.93. The summed E-state index contributed by atoms with van der Waals surface area (Å²) in [6, 6.07) is 12.2. The topological polar surface area (TPSA) is 79.9 Å². The predicted molar refractivity (Wildman–Crippen MR) is 121 cm³/mol. The highest BCUT2D eigenvalue weighted by molar-refractivity contribution is 9.10. The van der Waals surface area contributed by atoms with Crippen molar-refractivity contribution in [1.82, 2.24) is 5.32 Å². The molecule has 0 atom stereocenters. The van der Waals surface area contributed by atoms with Crippen molar-refractivity contribution in [1.29, 1.82) is 0 Å². The van der Waals surface area contributed by atoms with Gasteiger partial charge in [0, 0.05) is 38.0 Å². The Morgan fingerprint density at radius 2 is 1.93 bits per heavy atom. The van der Waals surface area contributed by atoms with Crippen molar-refractivity contribution in [2.45, 2.75) is 6.92 Å². The van der Waals surface area contributed by atoms with Gasteiger partial charge in [0.15, 0.2) is 5.11 Å². The van der Waals surface area contributed by atoms with E-state index in [0.29, 0.717) is 40.4 Å². The summed E-state index contributed by atoms with van der Waals surface area (Å²) in [7, 11) is 3.28. The van der Waals surface area contributed by atoms with Gasteiger partial charge in [-0.25, -0.2) is 0 Å². The smallest absolute Gasteiger partial charge is 0.257 e. The Balaban J connectivity index is 1.99. The average molecular weight is 480 g/mol. The molecule has 0 aliphatic rings. The SMILES string of the molecule is COCCOc1ccc(C(=O)NC(=S)Nc2cccc(N(C)C(C)=O)c2)cc1Br. The number of hydrogen-bond acceptors (Lipinski definition) is 5.